The van der Waals surface area contributed by atoms with Gasteiger partial charge in [0.15, 0.2) is 0 Å². The van der Waals surface area contributed by atoms with E-state index in [4.69, 9.17) is 21.2 Å². The number of rotatable bonds is 4. The summed E-state index contributed by atoms with van der Waals surface area (Å²) >= 11 is 5.03. The molecule has 1 unspecified atom stereocenters. The van der Waals surface area contributed by atoms with Gasteiger partial charge in [-0.25, -0.2) is 0 Å². The Balaban J connectivity index is 2.72. The molecule has 0 spiro atoms. The fourth-order valence-electron chi connectivity index (χ4n) is 0.204. The second-order valence-electron chi connectivity index (χ2n) is 1.14. The maximum absolute atomic E-state index is 8.31. The van der Waals surface area contributed by atoms with E-state index in [1.54, 1.807) is 0 Å². The van der Waals surface area contributed by atoms with E-state index in [9.17, 15) is 0 Å². The largest absolute Gasteiger partial charge is 0.396 e. The van der Waals surface area contributed by atoms with Gasteiger partial charge in [-0.15, -0.1) is 0 Å². The summed E-state index contributed by atoms with van der Waals surface area (Å²) in [6, 6.07) is 0. The second-order valence-corrected chi connectivity index (χ2v) is 2.71. The number of hydrogen-bond acceptors (Lipinski definition) is 3. The molecular weight excluding hydrogens is 150 g/mol. The molecule has 0 saturated carbocycles. The van der Waals surface area contributed by atoms with Crippen LogP contribution in [-0.2, 0) is 4.52 Å². The van der Waals surface area contributed by atoms with E-state index in [-0.39, 0.29) is 6.61 Å². The fourth-order valence-corrected chi connectivity index (χ4v) is 0.691. The standard InChI is InChI=1S/C3H8ClO3P/c4-8(6)7-3-1-2-5/h5-6H,1-3H2. The Morgan fingerprint density at radius 3 is 2.62 bits per heavy atom. The maximum atomic E-state index is 8.31. The minimum absolute atomic E-state index is 0.0695. The van der Waals surface area contributed by atoms with Crippen LogP contribution < -0.4 is 0 Å². The van der Waals surface area contributed by atoms with Crippen LogP contribution in [0.25, 0.3) is 0 Å². The SMILES string of the molecule is OCCCOP(O)Cl. The van der Waals surface area contributed by atoms with Gasteiger partial charge in [-0.1, -0.05) is 0 Å². The van der Waals surface area contributed by atoms with Crippen LogP contribution in [-0.4, -0.2) is 23.2 Å². The Morgan fingerprint density at radius 1 is 1.62 bits per heavy atom. The van der Waals surface area contributed by atoms with Crippen molar-refractivity contribution in [1.29, 1.82) is 0 Å². The molecule has 0 rings (SSSR count). The molecule has 0 aromatic rings. The molecule has 5 heteroatoms. The van der Waals surface area contributed by atoms with Gasteiger partial charge in [0.2, 0.25) is 0 Å². The minimum Gasteiger partial charge on any atom is -0.396 e. The summed E-state index contributed by atoms with van der Waals surface area (Å²) in [7, 11) is -1.75. The maximum Gasteiger partial charge on any atom is 0.274 e. The van der Waals surface area contributed by atoms with Crippen LogP contribution >= 0.6 is 19.0 Å². The lowest BCUT2D eigenvalue weighted by Crippen LogP contribution is -1.90. The van der Waals surface area contributed by atoms with E-state index in [1.807, 2.05) is 0 Å². The zero-order valence-corrected chi connectivity index (χ0v) is 5.90. The first-order valence-corrected chi connectivity index (χ1v) is 4.27. The molecule has 50 valence electrons. The Labute approximate surface area is 53.9 Å². The third-order valence-electron chi connectivity index (χ3n) is 0.500. The zero-order chi connectivity index (χ0) is 6.41. The highest BCUT2D eigenvalue weighted by atomic mass is 35.7. The Hall–Kier alpha value is 0.600. The van der Waals surface area contributed by atoms with Crippen LogP contribution in [0.1, 0.15) is 6.42 Å². The summed E-state index contributed by atoms with van der Waals surface area (Å²) in [5, 5.41) is 8.18. The van der Waals surface area contributed by atoms with Crippen LogP contribution in [0.4, 0.5) is 0 Å². The fraction of sp³-hybridized carbons (Fsp3) is 1.00. The van der Waals surface area contributed by atoms with E-state index in [0.717, 1.165) is 0 Å². The molecule has 0 aromatic heterocycles. The summed E-state index contributed by atoms with van der Waals surface area (Å²) < 4.78 is 4.51. The number of aliphatic hydroxyl groups is 1. The topological polar surface area (TPSA) is 49.7 Å². The molecule has 3 nitrogen and oxygen atoms in total. The lowest BCUT2D eigenvalue weighted by molar-refractivity contribution is 0.237. The van der Waals surface area contributed by atoms with Gasteiger partial charge in [-0.05, 0) is 17.7 Å². The van der Waals surface area contributed by atoms with E-state index in [0.29, 0.717) is 13.0 Å². The van der Waals surface area contributed by atoms with E-state index in [1.165, 1.54) is 0 Å². The summed E-state index contributed by atoms with van der Waals surface area (Å²) in [6.07, 6.45) is 0.520. The molecule has 1 atom stereocenters. The number of aliphatic hydroxyl groups excluding tert-OH is 1. The highest BCUT2D eigenvalue weighted by Crippen LogP contribution is 2.36. The third-order valence-corrected chi connectivity index (χ3v) is 1.19. The minimum atomic E-state index is -1.75. The monoisotopic (exact) mass is 158 g/mol. The van der Waals surface area contributed by atoms with Crippen molar-refractivity contribution in [3.8, 4) is 0 Å². The number of hydrogen-bond donors (Lipinski definition) is 2. The van der Waals surface area contributed by atoms with Gasteiger partial charge in [0, 0.05) is 6.61 Å². The highest BCUT2D eigenvalue weighted by Gasteiger charge is 1.95. The molecule has 0 radical (unpaired) electrons. The Morgan fingerprint density at radius 2 is 2.25 bits per heavy atom. The van der Waals surface area contributed by atoms with Crippen molar-refractivity contribution in [1.82, 2.24) is 0 Å². The van der Waals surface area contributed by atoms with Crippen molar-refractivity contribution in [3.63, 3.8) is 0 Å². The predicted molar refractivity (Wildman–Crippen MR) is 32.6 cm³/mol. The van der Waals surface area contributed by atoms with E-state index < -0.39 is 7.73 Å². The zero-order valence-electron chi connectivity index (χ0n) is 4.25. The lowest BCUT2D eigenvalue weighted by atomic mass is 10.5. The molecule has 0 heterocycles. The van der Waals surface area contributed by atoms with E-state index >= 15 is 0 Å². The van der Waals surface area contributed by atoms with Crippen molar-refractivity contribution in [2.45, 2.75) is 6.42 Å². The first-order valence-electron chi connectivity index (χ1n) is 2.16. The smallest absolute Gasteiger partial charge is 0.274 e. The van der Waals surface area contributed by atoms with Crippen molar-refractivity contribution in [2.24, 2.45) is 0 Å². The van der Waals surface area contributed by atoms with Crippen LogP contribution in [0.3, 0.4) is 0 Å². The van der Waals surface area contributed by atoms with Gasteiger partial charge in [0.1, 0.15) is 0 Å². The van der Waals surface area contributed by atoms with Crippen molar-refractivity contribution in [3.05, 3.63) is 0 Å². The number of halogens is 1. The predicted octanol–water partition coefficient (Wildman–Crippen LogP) is 0.843. The lowest BCUT2D eigenvalue weighted by Gasteiger charge is -1.99. The summed E-state index contributed by atoms with van der Waals surface area (Å²) in [4.78, 5) is 8.31. The van der Waals surface area contributed by atoms with Gasteiger partial charge in [0.25, 0.3) is 7.73 Å². The molecule has 0 amide bonds. The molecule has 0 saturated heterocycles. The van der Waals surface area contributed by atoms with Crippen LogP contribution in [0.15, 0.2) is 0 Å². The Bertz CT molecular complexity index is 51.8. The second kappa shape index (κ2) is 5.73. The first-order chi connectivity index (χ1) is 3.77. The van der Waals surface area contributed by atoms with Crippen LogP contribution in [0, 0.1) is 0 Å². The summed E-state index contributed by atoms with van der Waals surface area (Å²) in [5.41, 5.74) is 0. The van der Waals surface area contributed by atoms with Gasteiger partial charge >= 0.3 is 0 Å². The van der Waals surface area contributed by atoms with Gasteiger partial charge in [-0.3, -0.25) is 0 Å². The summed E-state index contributed by atoms with van der Waals surface area (Å²) in [6.45, 7) is 0.391. The molecule has 0 aliphatic rings. The highest BCUT2D eigenvalue weighted by molar-refractivity contribution is 7.75. The van der Waals surface area contributed by atoms with Gasteiger partial charge < -0.3 is 14.5 Å². The first kappa shape index (κ1) is 8.60. The average molecular weight is 159 g/mol. The molecule has 0 bridgehead atoms. The normalized spacial score (nSPS) is 13.9. The molecule has 0 aliphatic heterocycles. The molecule has 0 aliphatic carbocycles. The van der Waals surface area contributed by atoms with Crippen molar-refractivity contribution < 1.29 is 14.5 Å². The molecule has 0 aromatic carbocycles. The van der Waals surface area contributed by atoms with Crippen molar-refractivity contribution >= 4 is 19.0 Å². The molecule has 0 fully saturated rings. The van der Waals surface area contributed by atoms with Crippen LogP contribution in [0.5, 0.6) is 0 Å². The quantitative estimate of drug-likeness (QED) is 0.471. The van der Waals surface area contributed by atoms with Crippen molar-refractivity contribution in [2.75, 3.05) is 13.2 Å². The molecular formula is C3H8ClO3P. The van der Waals surface area contributed by atoms with E-state index in [2.05, 4.69) is 4.52 Å². The van der Waals surface area contributed by atoms with Crippen LogP contribution in [0.2, 0.25) is 0 Å². The molecule has 2 N–H and O–H groups in total. The summed E-state index contributed by atoms with van der Waals surface area (Å²) in [5.74, 6) is 0. The van der Waals surface area contributed by atoms with Gasteiger partial charge in [0.05, 0.1) is 6.61 Å². The Kier molecular flexibility index (Phi) is 6.16. The van der Waals surface area contributed by atoms with Gasteiger partial charge in [-0.2, -0.15) is 0 Å². The molecule has 8 heavy (non-hydrogen) atoms. The third kappa shape index (κ3) is 6.60. The average Bonchev–Trinajstić information content (AvgIpc) is 1.66.